The first-order valence-electron chi connectivity index (χ1n) is 8.15. The number of rotatable bonds is 5. The second-order valence-corrected chi connectivity index (χ2v) is 6.00. The Balaban J connectivity index is 1.85. The van der Waals surface area contributed by atoms with E-state index >= 15 is 0 Å². The van der Waals surface area contributed by atoms with Crippen molar-refractivity contribution in [1.82, 2.24) is 5.32 Å². The van der Waals surface area contributed by atoms with Gasteiger partial charge in [-0.3, -0.25) is 4.79 Å². The van der Waals surface area contributed by atoms with Crippen LogP contribution in [0.5, 0.6) is 0 Å². The predicted octanol–water partition coefficient (Wildman–Crippen LogP) is 3.60. The maximum absolute atomic E-state index is 11.9. The average Bonchev–Trinajstić information content (AvgIpc) is 2.59. The van der Waals surface area contributed by atoms with Gasteiger partial charge in [-0.25, -0.2) is 4.79 Å². The Hall–Kier alpha value is -2.92. The minimum absolute atomic E-state index is 0.155. The van der Waals surface area contributed by atoms with E-state index in [1.54, 1.807) is 12.1 Å². The van der Waals surface area contributed by atoms with Crippen LogP contribution >= 0.6 is 0 Å². The Morgan fingerprint density at radius 2 is 1.88 bits per heavy atom. The van der Waals surface area contributed by atoms with E-state index in [9.17, 15) is 9.59 Å². The summed E-state index contributed by atoms with van der Waals surface area (Å²) < 4.78 is 5.28. The molecule has 2 N–H and O–H groups in total. The van der Waals surface area contributed by atoms with Gasteiger partial charge in [0.2, 0.25) is 5.91 Å². The number of amides is 1. The summed E-state index contributed by atoms with van der Waals surface area (Å²) in [6.07, 6.45) is 0. The molecular weight excluding hydrogens is 316 g/mol. The molecule has 0 aliphatic heterocycles. The Morgan fingerprint density at radius 1 is 1.12 bits per heavy atom. The normalized spacial score (nSPS) is 12.1. The summed E-state index contributed by atoms with van der Waals surface area (Å²) >= 11 is 0. The molecule has 0 saturated heterocycles. The zero-order valence-corrected chi connectivity index (χ0v) is 14.2. The highest BCUT2D eigenvalue weighted by Crippen LogP contribution is 2.22. The molecule has 1 aromatic heterocycles. The largest absolute Gasteiger partial charge is 0.423 e. The van der Waals surface area contributed by atoms with Crippen LogP contribution in [0.15, 0.2) is 63.8 Å². The van der Waals surface area contributed by atoms with E-state index in [1.807, 2.05) is 24.3 Å². The zero-order valence-electron chi connectivity index (χ0n) is 14.2. The summed E-state index contributed by atoms with van der Waals surface area (Å²) in [5.41, 5.74) is 2.71. The molecule has 1 amide bonds. The number of fused-ring (bicyclic) bond motifs is 1. The first kappa shape index (κ1) is 16.9. The monoisotopic (exact) mass is 336 g/mol. The van der Waals surface area contributed by atoms with Gasteiger partial charge in [0.1, 0.15) is 5.58 Å². The molecule has 3 aromatic rings. The second-order valence-electron chi connectivity index (χ2n) is 6.00. The highest BCUT2D eigenvalue weighted by Gasteiger charge is 2.09. The smallest absolute Gasteiger partial charge is 0.336 e. The summed E-state index contributed by atoms with van der Waals surface area (Å²) in [7, 11) is 0. The van der Waals surface area contributed by atoms with Crippen molar-refractivity contribution >= 4 is 22.6 Å². The van der Waals surface area contributed by atoms with Crippen molar-refractivity contribution in [2.75, 3.05) is 5.32 Å². The first-order chi connectivity index (χ1) is 12.0. The first-order valence-corrected chi connectivity index (χ1v) is 8.15. The summed E-state index contributed by atoms with van der Waals surface area (Å²) in [5, 5.41) is 6.97. The summed E-state index contributed by atoms with van der Waals surface area (Å²) in [6.45, 7) is 4.06. The van der Waals surface area contributed by atoms with Gasteiger partial charge in [-0.05, 0) is 30.2 Å². The van der Waals surface area contributed by atoms with Crippen LogP contribution < -0.4 is 16.3 Å². The summed E-state index contributed by atoms with van der Waals surface area (Å²) in [4.78, 5) is 23.1. The molecule has 5 heteroatoms. The lowest BCUT2D eigenvalue weighted by Gasteiger charge is -2.15. The van der Waals surface area contributed by atoms with E-state index in [0.29, 0.717) is 17.8 Å². The van der Waals surface area contributed by atoms with Gasteiger partial charge in [0.15, 0.2) is 0 Å². The maximum Gasteiger partial charge on any atom is 0.336 e. The number of hydrogen-bond donors (Lipinski definition) is 2. The Labute approximate surface area is 145 Å². The van der Waals surface area contributed by atoms with Crippen LogP contribution in [-0.2, 0) is 11.3 Å². The fourth-order valence-electron chi connectivity index (χ4n) is 2.78. The Bertz CT molecular complexity index is 948. The molecule has 1 heterocycles. The third kappa shape index (κ3) is 4.14. The van der Waals surface area contributed by atoms with Crippen LogP contribution in [0.4, 0.5) is 5.69 Å². The van der Waals surface area contributed by atoms with Crippen LogP contribution in [-0.4, -0.2) is 5.91 Å². The molecule has 2 aromatic carbocycles. The van der Waals surface area contributed by atoms with E-state index < -0.39 is 5.63 Å². The molecule has 0 fully saturated rings. The van der Waals surface area contributed by atoms with Crippen molar-refractivity contribution in [3.05, 3.63) is 76.1 Å². The maximum atomic E-state index is 11.9. The molecule has 0 radical (unpaired) electrons. The summed E-state index contributed by atoms with van der Waals surface area (Å²) in [6, 6.07) is 17.1. The number of carbonyl (C=O) groups excluding carboxylic acids is 1. The highest BCUT2D eigenvalue weighted by atomic mass is 16.4. The molecule has 0 saturated carbocycles. The molecule has 0 bridgehead atoms. The highest BCUT2D eigenvalue weighted by molar-refractivity contribution is 5.92. The Kier molecular flexibility index (Phi) is 4.95. The molecule has 0 aliphatic carbocycles. The van der Waals surface area contributed by atoms with Gasteiger partial charge in [-0.1, -0.05) is 30.3 Å². The molecule has 1 atom stereocenters. The van der Waals surface area contributed by atoms with Gasteiger partial charge in [-0.15, -0.1) is 0 Å². The number of carbonyl (C=O) groups is 1. The molecule has 0 spiro atoms. The van der Waals surface area contributed by atoms with Crippen LogP contribution in [0.2, 0.25) is 0 Å². The van der Waals surface area contributed by atoms with Crippen molar-refractivity contribution in [1.29, 1.82) is 0 Å². The van der Waals surface area contributed by atoms with Crippen LogP contribution in [0, 0.1) is 0 Å². The van der Waals surface area contributed by atoms with E-state index in [2.05, 4.69) is 29.7 Å². The van der Waals surface area contributed by atoms with Crippen molar-refractivity contribution in [3.8, 4) is 0 Å². The van der Waals surface area contributed by atoms with Crippen molar-refractivity contribution in [2.24, 2.45) is 0 Å². The third-order valence-electron chi connectivity index (χ3n) is 4.05. The number of hydrogen-bond acceptors (Lipinski definition) is 4. The van der Waals surface area contributed by atoms with Crippen LogP contribution in [0.3, 0.4) is 0 Å². The number of nitrogens with one attached hydrogen (secondary N) is 2. The SMILES string of the molecule is CC(=O)Nc1ccc2c(CNC(C)c3ccccc3)cc(=O)oc2c1. The predicted molar refractivity (Wildman–Crippen MR) is 98.5 cm³/mol. The van der Waals surface area contributed by atoms with Crippen LogP contribution in [0.1, 0.15) is 31.0 Å². The fourth-order valence-corrected chi connectivity index (χ4v) is 2.78. The molecule has 128 valence electrons. The van der Waals surface area contributed by atoms with E-state index in [0.717, 1.165) is 10.9 Å². The summed E-state index contributed by atoms with van der Waals surface area (Å²) in [5.74, 6) is -0.170. The van der Waals surface area contributed by atoms with E-state index in [-0.39, 0.29) is 11.9 Å². The second kappa shape index (κ2) is 7.32. The van der Waals surface area contributed by atoms with Gasteiger partial charge in [0.25, 0.3) is 0 Å². The average molecular weight is 336 g/mol. The van der Waals surface area contributed by atoms with Crippen LogP contribution in [0.25, 0.3) is 11.0 Å². The van der Waals surface area contributed by atoms with Crippen molar-refractivity contribution in [2.45, 2.75) is 26.4 Å². The number of benzene rings is 2. The quantitative estimate of drug-likeness (QED) is 0.698. The standard InChI is InChI=1S/C20H20N2O3/c1-13(15-6-4-3-5-7-15)21-12-16-10-20(24)25-19-11-17(22-14(2)23)8-9-18(16)19/h3-11,13,21H,12H2,1-2H3,(H,22,23). The number of anilines is 1. The minimum atomic E-state index is -0.406. The molecule has 0 aliphatic rings. The molecule has 1 unspecified atom stereocenters. The fraction of sp³-hybridized carbons (Fsp3) is 0.200. The van der Waals surface area contributed by atoms with Gasteiger partial charge < -0.3 is 15.1 Å². The van der Waals surface area contributed by atoms with Gasteiger partial charge in [0.05, 0.1) is 0 Å². The van der Waals surface area contributed by atoms with E-state index in [4.69, 9.17) is 4.42 Å². The Morgan fingerprint density at radius 3 is 2.60 bits per heavy atom. The third-order valence-corrected chi connectivity index (χ3v) is 4.05. The van der Waals surface area contributed by atoms with Crippen molar-refractivity contribution < 1.29 is 9.21 Å². The molecular formula is C20H20N2O3. The lowest BCUT2D eigenvalue weighted by atomic mass is 10.1. The lowest BCUT2D eigenvalue weighted by Crippen LogP contribution is -2.19. The van der Waals surface area contributed by atoms with Gasteiger partial charge in [-0.2, -0.15) is 0 Å². The molecule has 5 nitrogen and oxygen atoms in total. The van der Waals surface area contributed by atoms with Gasteiger partial charge >= 0.3 is 5.63 Å². The van der Waals surface area contributed by atoms with Crippen molar-refractivity contribution in [3.63, 3.8) is 0 Å². The topological polar surface area (TPSA) is 71.3 Å². The zero-order chi connectivity index (χ0) is 17.8. The molecule has 3 rings (SSSR count). The molecule has 25 heavy (non-hydrogen) atoms. The lowest BCUT2D eigenvalue weighted by molar-refractivity contribution is -0.114. The minimum Gasteiger partial charge on any atom is -0.423 e. The van der Waals surface area contributed by atoms with E-state index in [1.165, 1.54) is 18.6 Å². The van der Waals surface area contributed by atoms with Gasteiger partial charge in [0, 0.05) is 42.7 Å².